The van der Waals surface area contributed by atoms with Crippen LogP contribution in [0.25, 0.3) is 11.5 Å². The predicted molar refractivity (Wildman–Crippen MR) is 110 cm³/mol. The van der Waals surface area contributed by atoms with Crippen LogP contribution in [0.2, 0.25) is 0 Å². The van der Waals surface area contributed by atoms with Gasteiger partial charge in [0.15, 0.2) is 0 Å². The van der Waals surface area contributed by atoms with E-state index in [1.54, 1.807) is 10.9 Å². The number of anilines is 1. The van der Waals surface area contributed by atoms with Crippen molar-refractivity contribution in [2.45, 2.75) is 33.1 Å². The second-order valence-corrected chi connectivity index (χ2v) is 6.94. The van der Waals surface area contributed by atoms with Crippen molar-refractivity contribution >= 4 is 24.1 Å². The van der Waals surface area contributed by atoms with Gasteiger partial charge in [-0.15, -0.1) is 0 Å². The third-order valence-corrected chi connectivity index (χ3v) is 5.28. The molecule has 7 nitrogen and oxygen atoms in total. The molecule has 0 unspecified atom stereocenters. The molecule has 0 atom stereocenters. The van der Waals surface area contributed by atoms with Gasteiger partial charge in [-0.25, -0.2) is 5.10 Å². The molecule has 0 spiro atoms. The van der Waals surface area contributed by atoms with Gasteiger partial charge in [0.05, 0.1) is 6.21 Å². The molecule has 2 aromatic heterocycles. The molecule has 1 aliphatic carbocycles. The molecule has 2 heterocycles. The van der Waals surface area contributed by atoms with E-state index in [-0.39, 0.29) is 0 Å². The van der Waals surface area contributed by atoms with Gasteiger partial charge < -0.3 is 4.90 Å². The number of nitrogens with zero attached hydrogens (tertiary/aromatic N) is 5. The van der Waals surface area contributed by atoms with E-state index in [0.717, 1.165) is 43.6 Å². The summed E-state index contributed by atoms with van der Waals surface area (Å²) >= 11 is 5.36. The summed E-state index contributed by atoms with van der Waals surface area (Å²) in [6.45, 7) is 6.30. The Morgan fingerprint density at radius 3 is 2.67 bits per heavy atom. The Morgan fingerprint density at radius 1 is 1.15 bits per heavy atom. The lowest BCUT2D eigenvalue weighted by molar-refractivity contribution is 0.844. The Labute approximate surface area is 163 Å². The number of aromatic amines is 2. The van der Waals surface area contributed by atoms with E-state index in [9.17, 15) is 0 Å². The van der Waals surface area contributed by atoms with Crippen LogP contribution in [0, 0.1) is 4.77 Å². The van der Waals surface area contributed by atoms with E-state index in [4.69, 9.17) is 12.2 Å². The van der Waals surface area contributed by atoms with Crippen molar-refractivity contribution in [3.63, 3.8) is 0 Å². The number of aromatic nitrogens is 5. The second kappa shape index (κ2) is 7.48. The number of benzene rings is 1. The average Bonchev–Trinajstić information content (AvgIpc) is 3.38. The molecule has 0 aliphatic heterocycles. The summed E-state index contributed by atoms with van der Waals surface area (Å²) in [7, 11) is 0. The highest BCUT2D eigenvalue weighted by atomic mass is 32.1. The summed E-state index contributed by atoms with van der Waals surface area (Å²) < 4.78 is 2.10. The number of fused-ring (bicyclic) bond motifs is 1. The van der Waals surface area contributed by atoms with Gasteiger partial charge in [-0.2, -0.15) is 20.0 Å². The third kappa shape index (κ3) is 3.32. The monoisotopic (exact) mass is 381 g/mol. The number of hydrogen-bond donors (Lipinski definition) is 2. The fraction of sp³-hybridized carbons (Fsp3) is 0.368. The molecular formula is C19H23N7S. The lowest BCUT2D eigenvalue weighted by Crippen LogP contribution is -2.21. The largest absolute Gasteiger partial charge is 0.372 e. The molecule has 27 heavy (non-hydrogen) atoms. The Bertz CT molecular complexity index is 1010. The minimum absolute atomic E-state index is 0.454. The molecule has 0 bridgehead atoms. The maximum Gasteiger partial charge on any atom is 0.216 e. The summed E-state index contributed by atoms with van der Waals surface area (Å²) in [6, 6.07) is 8.36. The predicted octanol–water partition coefficient (Wildman–Crippen LogP) is 3.55. The van der Waals surface area contributed by atoms with Gasteiger partial charge >= 0.3 is 0 Å². The minimum Gasteiger partial charge on any atom is -0.372 e. The van der Waals surface area contributed by atoms with E-state index < -0.39 is 0 Å². The van der Waals surface area contributed by atoms with Crippen LogP contribution in [0.3, 0.4) is 0 Å². The molecule has 8 heteroatoms. The number of hydrogen-bond acceptors (Lipinski definition) is 5. The summed E-state index contributed by atoms with van der Waals surface area (Å²) in [6.07, 6.45) is 4.99. The fourth-order valence-electron chi connectivity index (χ4n) is 3.54. The first-order valence-electron chi connectivity index (χ1n) is 9.34. The van der Waals surface area contributed by atoms with E-state index in [1.165, 1.54) is 16.9 Å². The number of rotatable bonds is 6. The van der Waals surface area contributed by atoms with E-state index in [1.807, 2.05) is 0 Å². The van der Waals surface area contributed by atoms with Crippen molar-refractivity contribution in [3.05, 3.63) is 45.9 Å². The molecule has 2 N–H and O–H groups in total. The molecule has 140 valence electrons. The molecule has 0 radical (unpaired) electrons. The maximum absolute atomic E-state index is 5.36. The quantitative estimate of drug-likeness (QED) is 0.506. The Hall–Kier alpha value is -2.74. The lowest BCUT2D eigenvalue weighted by atomic mass is 10.2. The number of H-pyrrole nitrogens is 2. The number of nitrogens with one attached hydrogen (secondary N) is 2. The fourth-order valence-corrected chi connectivity index (χ4v) is 3.72. The Morgan fingerprint density at radius 2 is 1.93 bits per heavy atom. The van der Waals surface area contributed by atoms with Crippen LogP contribution in [0.5, 0.6) is 0 Å². The van der Waals surface area contributed by atoms with E-state index in [2.05, 4.69) is 68.5 Å². The first kappa shape index (κ1) is 17.7. The van der Waals surface area contributed by atoms with Gasteiger partial charge in [0.2, 0.25) is 10.6 Å². The highest BCUT2D eigenvalue weighted by Crippen LogP contribution is 2.29. The normalized spacial score (nSPS) is 13.4. The van der Waals surface area contributed by atoms with E-state index in [0.29, 0.717) is 10.6 Å². The molecule has 0 saturated heterocycles. The van der Waals surface area contributed by atoms with Crippen molar-refractivity contribution in [2.75, 3.05) is 18.0 Å². The first-order valence-corrected chi connectivity index (χ1v) is 9.75. The van der Waals surface area contributed by atoms with Crippen LogP contribution in [-0.2, 0) is 12.8 Å². The van der Waals surface area contributed by atoms with Gasteiger partial charge in [0.1, 0.15) is 5.69 Å². The molecule has 0 amide bonds. The average molecular weight is 382 g/mol. The van der Waals surface area contributed by atoms with Gasteiger partial charge in [-0.1, -0.05) is 12.1 Å². The summed E-state index contributed by atoms with van der Waals surface area (Å²) in [5, 5.41) is 19.3. The maximum atomic E-state index is 5.36. The van der Waals surface area contributed by atoms with Gasteiger partial charge in [-0.3, -0.25) is 5.10 Å². The standard InChI is InChI=1S/C19H23N7S/c1-3-25(4-2)14-10-8-13(9-11-14)12-20-26-18(23-24-19(26)27)17-15-6-5-7-16(15)21-22-17/h8-12H,3-7H2,1-2H3,(H,21,22)(H,24,27)/b20-12-. The molecule has 0 saturated carbocycles. The minimum atomic E-state index is 0.454. The van der Waals surface area contributed by atoms with Crippen LogP contribution >= 0.6 is 12.2 Å². The summed E-state index contributed by atoms with van der Waals surface area (Å²) in [4.78, 5) is 2.31. The first-order chi connectivity index (χ1) is 13.2. The highest BCUT2D eigenvalue weighted by molar-refractivity contribution is 7.71. The highest BCUT2D eigenvalue weighted by Gasteiger charge is 2.23. The lowest BCUT2D eigenvalue weighted by Gasteiger charge is -2.20. The third-order valence-electron chi connectivity index (χ3n) is 5.01. The smallest absolute Gasteiger partial charge is 0.216 e. The van der Waals surface area contributed by atoms with Crippen molar-refractivity contribution in [1.29, 1.82) is 0 Å². The Balaban J connectivity index is 1.62. The molecule has 1 aromatic carbocycles. The van der Waals surface area contributed by atoms with Crippen LogP contribution in [0.4, 0.5) is 5.69 Å². The topological polar surface area (TPSA) is 77.9 Å². The summed E-state index contributed by atoms with van der Waals surface area (Å²) in [5.74, 6) is 0.649. The second-order valence-electron chi connectivity index (χ2n) is 6.56. The van der Waals surface area contributed by atoms with Crippen LogP contribution in [0.1, 0.15) is 37.1 Å². The van der Waals surface area contributed by atoms with Crippen molar-refractivity contribution in [3.8, 4) is 11.5 Å². The van der Waals surface area contributed by atoms with E-state index >= 15 is 0 Å². The Kier molecular flexibility index (Phi) is 4.89. The zero-order chi connectivity index (χ0) is 18.8. The summed E-state index contributed by atoms with van der Waals surface area (Å²) in [5.41, 5.74) is 5.48. The van der Waals surface area contributed by atoms with Crippen LogP contribution in [-0.4, -0.2) is 44.4 Å². The van der Waals surface area contributed by atoms with Crippen LogP contribution < -0.4 is 4.90 Å². The zero-order valence-corrected chi connectivity index (χ0v) is 16.4. The van der Waals surface area contributed by atoms with Crippen molar-refractivity contribution < 1.29 is 0 Å². The van der Waals surface area contributed by atoms with Gasteiger partial charge in [0.25, 0.3) is 0 Å². The van der Waals surface area contributed by atoms with Crippen LogP contribution in [0.15, 0.2) is 29.4 Å². The number of aryl methyl sites for hydroxylation is 1. The van der Waals surface area contributed by atoms with Crippen molar-refractivity contribution in [2.24, 2.45) is 5.10 Å². The SMILES string of the molecule is CCN(CC)c1ccc(/C=N\n2c(-c3n[nH]c4c3CCC4)n[nH]c2=S)cc1. The molecular weight excluding hydrogens is 358 g/mol. The van der Waals surface area contributed by atoms with Gasteiger partial charge in [-0.05, 0) is 63.0 Å². The molecule has 4 rings (SSSR count). The van der Waals surface area contributed by atoms with Crippen molar-refractivity contribution in [1.82, 2.24) is 25.1 Å². The molecule has 1 aliphatic rings. The van der Waals surface area contributed by atoms with Gasteiger partial charge in [0, 0.05) is 30.0 Å². The zero-order valence-electron chi connectivity index (χ0n) is 15.6. The molecule has 3 aromatic rings. The molecule has 0 fully saturated rings.